The van der Waals surface area contributed by atoms with E-state index in [0.717, 1.165) is 18.8 Å². The average molecular weight is 251 g/mol. The Morgan fingerprint density at radius 2 is 1.83 bits per heavy atom. The van der Waals surface area contributed by atoms with Gasteiger partial charge in [0.1, 0.15) is 5.75 Å². The SMILES string of the molecule is CCNCC(OCc1ccc(OC)cc1)C(C)C. The molecule has 1 rings (SSSR count). The van der Waals surface area contributed by atoms with Gasteiger partial charge in [-0.25, -0.2) is 0 Å². The molecule has 3 heteroatoms. The van der Waals surface area contributed by atoms with Crippen molar-refractivity contribution in [1.82, 2.24) is 5.32 Å². The minimum absolute atomic E-state index is 0.257. The summed E-state index contributed by atoms with van der Waals surface area (Å²) in [6, 6.07) is 8.02. The lowest BCUT2D eigenvalue weighted by Crippen LogP contribution is -2.32. The fourth-order valence-corrected chi connectivity index (χ4v) is 1.70. The molecule has 0 aliphatic heterocycles. The van der Waals surface area contributed by atoms with Crippen molar-refractivity contribution in [2.24, 2.45) is 5.92 Å². The summed E-state index contributed by atoms with van der Waals surface area (Å²) in [5, 5.41) is 3.34. The topological polar surface area (TPSA) is 30.5 Å². The maximum atomic E-state index is 5.96. The van der Waals surface area contributed by atoms with Gasteiger partial charge in [-0.3, -0.25) is 0 Å². The Balaban J connectivity index is 2.44. The summed E-state index contributed by atoms with van der Waals surface area (Å²) in [7, 11) is 1.68. The maximum absolute atomic E-state index is 5.96. The van der Waals surface area contributed by atoms with E-state index in [1.54, 1.807) is 7.11 Å². The lowest BCUT2D eigenvalue weighted by atomic mass is 10.1. The van der Waals surface area contributed by atoms with Gasteiger partial charge in [0.25, 0.3) is 0 Å². The van der Waals surface area contributed by atoms with Gasteiger partial charge in [0.05, 0.1) is 19.8 Å². The Morgan fingerprint density at radius 3 is 2.33 bits per heavy atom. The highest BCUT2D eigenvalue weighted by Gasteiger charge is 2.13. The van der Waals surface area contributed by atoms with E-state index < -0.39 is 0 Å². The van der Waals surface area contributed by atoms with Crippen LogP contribution in [0.2, 0.25) is 0 Å². The molecule has 0 saturated carbocycles. The summed E-state index contributed by atoms with van der Waals surface area (Å²) in [6.07, 6.45) is 0.257. The number of nitrogens with one attached hydrogen (secondary N) is 1. The predicted octanol–water partition coefficient (Wildman–Crippen LogP) is 2.85. The van der Waals surface area contributed by atoms with Crippen LogP contribution in [0, 0.1) is 5.92 Å². The zero-order chi connectivity index (χ0) is 13.4. The van der Waals surface area contributed by atoms with Crippen molar-refractivity contribution in [2.75, 3.05) is 20.2 Å². The molecule has 0 bridgehead atoms. The van der Waals surface area contributed by atoms with Gasteiger partial charge in [-0.15, -0.1) is 0 Å². The second-order valence-corrected chi connectivity index (χ2v) is 4.75. The molecule has 102 valence electrons. The van der Waals surface area contributed by atoms with Crippen LogP contribution < -0.4 is 10.1 Å². The van der Waals surface area contributed by atoms with E-state index in [-0.39, 0.29) is 6.10 Å². The van der Waals surface area contributed by atoms with Gasteiger partial charge in [0.15, 0.2) is 0 Å². The van der Waals surface area contributed by atoms with Crippen LogP contribution in [0.4, 0.5) is 0 Å². The Morgan fingerprint density at radius 1 is 1.17 bits per heavy atom. The number of methoxy groups -OCH3 is 1. The Bertz CT molecular complexity index is 322. The molecule has 1 aromatic carbocycles. The minimum atomic E-state index is 0.257. The third-order valence-electron chi connectivity index (χ3n) is 2.96. The van der Waals surface area contributed by atoms with E-state index in [1.807, 2.05) is 24.3 Å². The number of ether oxygens (including phenoxy) is 2. The van der Waals surface area contributed by atoms with Crippen LogP contribution >= 0.6 is 0 Å². The van der Waals surface area contributed by atoms with Gasteiger partial charge < -0.3 is 14.8 Å². The molecule has 18 heavy (non-hydrogen) atoms. The third-order valence-corrected chi connectivity index (χ3v) is 2.96. The molecule has 0 amide bonds. The highest BCUT2D eigenvalue weighted by Crippen LogP contribution is 2.14. The number of hydrogen-bond donors (Lipinski definition) is 1. The molecule has 1 aromatic rings. The largest absolute Gasteiger partial charge is 0.497 e. The molecule has 1 atom stereocenters. The van der Waals surface area contributed by atoms with Gasteiger partial charge >= 0.3 is 0 Å². The summed E-state index contributed by atoms with van der Waals surface area (Å²) < 4.78 is 11.1. The first-order chi connectivity index (χ1) is 8.67. The van der Waals surface area contributed by atoms with Crippen LogP contribution in [-0.2, 0) is 11.3 Å². The van der Waals surface area contributed by atoms with E-state index in [0.29, 0.717) is 12.5 Å². The van der Waals surface area contributed by atoms with E-state index in [9.17, 15) is 0 Å². The number of rotatable bonds is 8. The molecule has 1 N–H and O–H groups in total. The molecule has 0 fully saturated rings. The van der Waals surface area contributed by atoms with Crippen LogP contribution in [0.25, 0.3) is 0 Å². The van der Waals surface area contributed by atoms with Gasteiger partial charge in [0, 0.05) is 6.54 Å². The molecule has 0 saturated heterocycles. The number of likely N-dealkylation sites (N-methyl/N-ethyl adjacent to an activating group) is 1. The summed E-state index contributed by atoms with van der Waals surface area (Å²) in [6.45, 7) is 9.03. The van der Waals surface area contributed by atoms with Crippen molar-refractivity contribution in [3.8, 4) is 5.75 Å². The molecule has 0 radical (unpaired) electrons. The molecule has 0 aliphatic carbocycles. The zero-order valence-corrected chi connectivity index (χ0v) is 11.9. The maximum Gasteiger partial charge on any atom is 0.118 e. The Hall–Kier alpha value is -1.06. The number of benzene rings is 1. The highest BCUT2D eigenvalue weighted by atomic mass is 16.5. The second kappa shape index (κ2) is 8.11. The standard InChI is InChI=1S/C15H25NO2/c1-5-16-10-15(12(2)3)18-11-13-6-8-14(17-4)9-7-13/h6-9,12,15-16H,5,10-11H2,1-4H3. The zero-order valence-electron chi connectivity index (χ0n) is 11.9. The molecule has 0 aliphatic rings. The van der Waals surface area contributed by atoms with Crippen molar-refractivity contribution in [3.63, 3.8) is 0 Å². The van der Waals surface area contributed by atoms with Crippen LogP contribution in [0.3, 0.4) is 0 Å². The monoisotopic (exact) mass is 251 g/mol. The fourth-order valence-electron chi connectivity index (χ4n) is 1.70. The Kier molecular flexibility index (Phi) is 6.76. The molecular weight excluding hydrogens is 226 g/mol. The second-order valence-electron chi connectivity index (χ2n) is 4.75. The smallest absolute Gasteiger partial charge is 0.118 e. The number of hydrogen-bond acceptors (Lipinski definition) is 3. The van der Waals surface area contributed by atoms with Gasteiger partial charge in [-0.05, 0) is 30.2 Å². The molecular formula is C15H25NO2. The first-order valence-corrected chi connectivity index (χ1v) is 6.62. The van der Waals surface area contributed by atoms with Crippen molar-refractivity contribution >= 4 is 0 Å². The van der Waals surface area contributed by atoms with Crippen LogP contribution in [0.5, 0.6) is 5.75 Å². The summed E-state index contributed by atoms with van der Waals surface area (Å²) >= 11 is 0. The fraction of sp³-hybridized carbons (Fsp3) is 0.600. The highest BCUT2D eigenvalue weighted by molar-refractivity contribution is 5.26. The molecule has 1 unspecified atom stereocenters. The predicted molar refractivity (Wildman–Crippen MR) is 75.0 cm³/mol. The van der Waals surface area contributed by atoms with Crippen molar-refractivity contribution in [1.29, 1.82) is 0 Å². The van der Waals surface area contributed by atoms with E-state index >= 15 is 0 Å². The quantitative estimate of drug-likeness (QED) is 0.770. The van der Waals surface area contributed by atoms with Gasteiger partial charge in [-0.1, -0.05) is 32.9 Å². The molecule has 0 aromatic heterocycles. The van der Waals surface area contributed by atoms with Gasteiger partial charge in [-0.2, -0.15) is 0 Å². The Labute approximate surface area is 110 Å². The molecule has 0 heterocycles. The van der Waals surface area contributed by atoms with Crippen molar-refractivity contribution in [2.45, 2.75) is 33.5 Å². The average Bonchev–Trinajstić information content (AvgIpc) is 2.39. The molecule has 3 nitrogen and oxygen atoms in total. The van der Waals surface area contributed by atoms with E-state index in [2.05, 4.69) is 26.1 Å². The van der Waals surface area contributed by atoms with Crippen molar-refractivity contribution in [3.05, 3.63) is 29.8 Å². The molecule has 0 spiro atoms. The summed E-state index contributed by atoms with van der Waals surface area (Å²) in [5.41, 5.74) is 1.18. The summed E-state index contributed by atoms with van der Waals surface area (Å²) in [4.78, 5) is 0. The lowest BCUT2D eigenvalue weighted by Gasteiger charge is -2.22. The van der Waals surface area contributed by atoms with E-state index in [4.69, 9.17) is 9.47 Å². The van der Waals surface area contributed by atoms with Crippen LogP contribution in [0.1, 0.15) is 26.3 Å². The third kappa shape index (κ3) is 5.07. The van der Waals surface area contributed by atoms with Crippen molar-refractivity contribution < 1.29 is 9.47 Å². The van der Waals surface area contributed by atoms with E-state index in [1.165, 1.54) is 5.56 Å². The first-order valence-electron chi connectivity index (χ1n) is 6.62. The summed E-state index contributed by atoms with van der Waals surface area (Å²) in [5.74, 6) is 1.40. The van der Waals surface area contributed by atoms with Crippen LogP contribution in [-0.4, -0.2) is 26.3 Å². The normalized spacial score (nSPS) is 12.7. The van der Waals surface area contributed by atoms with Crippen LogP contribution in [0.15, 0.2) is 24.3 Å². The lowest BCUT2D eigenvalue weighted by molar-refractivity contribution is 0.0117. The first kappa shape index (κ1) is 15.0. The minimum Gasteiger partial charge on any atom is -0.497 e. The van der Waals surface area contributed by atoms with Gasteiger partial charge in [0.2, 0.25) is 0 Å².